The largest absolute Gasteiger partial charge is 0.379 e. The molecule has 0 saturated carbocycles. The lowest BCUT2D eigenvalue weighted by Gasteiger charge is -2.26. The van der Waals surface area contributed by atoms with Crippen LogP contribution in [0, 0.1) is 0 Å². The SMILES string of the molecule is C=CCNC(=O)CC(=O)NCCN1CCOCC1. The minimum atomic E-state index is -0.279. The van der Waals surface area contributed by atoms with E-state index < -0.39 is 0 Å². The van der Waals surface area contributed by atoms with E-state index in [9.17, 15) is 9.59 Å². The first-order valence-corrected chi connectivity index (χ1v) is 6.16. The van der Waals surface area contributed by atoms with Crippen molar-refractivity contribution in [3.63, 3.8) is 0 Å². The molecule has 6 heteroatoms. The fraction of sp³-hybridized carbons (Fsp3) is 0.667. The molecular weight excluding hydrogens is 234 g/mol. The fourth-order valence-corrected chi connectivity index (χ4v) is 1.64. The molecule has 0 spiro atoms. The summed E-state index contributed by atoms with van der Waals surface area (Å²) in [7, 11) is 0. The Morgan fingerprint density at radius 2 is 1.89 bits per heavy atom. The van der Waals surface area contributed by atoms with Crippen molar-refractivity contribution in [1.29, 1.82) is 0 Å². The summed E-state index contributed by atoms with van der Waals surface area (Å²) in [5.41, 5.74) is 0. The molecule has 0 aromatic rings. The van der Waals surface area contributed by atoms with Crippen molar-refractivity contribution in [3.8, 4) is 0 Å². The normalized spacial score (nSPS) is 16.0. The summed E-state index contributed by atoms with van der Waals surface area (Å²) in [6.07, 6.45) is 1.45. The third-order valence-corrected chi connectivity index (χ3v) is 2.62. The zero-order valence-electron chi connectivity index (χ0n) is 10.6. The highest BCUT2D eigenvalue weighted by molar-refractivity contribution is 5.96. The van der Waals surface area contributed by atoms with Crippen LogP contribution >= 0.6 is 0 Å². The minimum Gasteiger partial charge on any atom is -0.379 e. The van der Waals surface area contributed by atoms with E-state index in [2.05, 4.69) is 22.1 Å². The van der Waals surface area contributed by atoms with E-state index in [0.717, 1.165) is 32.8 Å². The van der Waals surface area contributed by atoms with E-state index >= 15 is 0 Å². The standard InChI is InChI=1S/C12H21N3O3/c1-2-3-13-11(16)10-12(17)14-4-5-15-6-8-18-9-7-15/h2H,1,3-10H2,(H,13,16)(H,14,17). The third kappa shape index (κ3) is 6.36. The smallest absolute Gasteiger partial charge is 0.229 e. The summed E-state index contributed by atoms with van der Waals surface area (Å²) in [4.78, 5) is 24.9. The summed E-state index contributed by atoms with van der Waals surface area (Å²) in [5.74, 6) is -0.524. The Labute approximate surface area is 107 Å². The maximum atomic E-state index is 11.4. The van der Waals surface area contributed by atoms with E-state index in [0.29, 0.717) is 13.1 Å². The van der Waals surface area contributed by atoms with E-state index in [-0.39, 0.29) is 18.2 Å². The first-order valence-electron chi connectivity index (χ1n) is 6.16. The highest BCUT2D eigenvalue weighted by atomic mass is 16.5. The average molecular weight is 255 g/mol. The topological polar surface area (TPSA) is 70.7 Å². The Kier molecular flexibility index (Phi) is 7.05. The molecule has 0 atom stereocenters. The number of carbonyl (C=O) groups excluding carboxylic acids is 2. The molecule has 102 valence electrons. The van der Waals surface area contributed by atoms with Gasteiger partial charge in [-0.25, -0.2) is 0 Å². The Hall–Kier alpha value is -1.40. The Balaban J connectivity index is 2.05. The molecule has 1 aliphatic rings. The van der Waals surface area contributed by atoms with Crippen molar-refractivity contribution in [1.82, 2.24) is 15.5 Å². The second-order valence-electron chi connectivity index (χ2n) is 4.07. The molecule has 18 heavy (non-hydrogen) atoms. The summed E-state index contributed by atoms with van der Waals surface area (Å²) < 4.78 is 5.23. The van der Waals surface area contributed by atoms with Gasteiger partial charge in [-0.3, -0.25) is 14.5 Å². The molecule has 2 N–H and O–H groups in total. The number of hydrogen-bond acceptors (Lipinski definition) is 4. The van der Waals surface area contributed by atoms with Gasteiger partial charge in [0.25, 0.3) is 0 Å². The highest BCUT2D eigenvalue weighted by Crippen LogP contribution is 1.94. The minimum absolute atomic E-state index is 0.128. The van der Waals surface area contributed by atoms with Crippen LogP contribution in [-0.4, -0.2) is 62.7 Å². The first-order chi connectivity index (χ1) is 8.72. The number of amides is 2. The van der Waals surface area contributed by atoms with Crippen LogP contribution in [0.2, 0.25) is 0 Å². The van der Waals surface area contributed by atoms with Crippen LogP contribution in [0.15, 0.2) is 12.7 Å². The van der Waals surface area contributed by atoms with Crippen molar-refractivity contribution in [3.05, 3.63) is 12.7 Å². The number of nitrogens with one attached hydrogen (secondary N) is 2. The molecule has 1 saturated heterocycles. The van der Waals surface area contributed by atoms with Crippen molar-refractivity contribution in [2.24, 2.45) is 0 Å². The molecule has 0 unspecified atom stereocenters. The van der Waals surface area contributed by atoms with Gasteiger partial charge in [-0.2, -0.15) is 0 Å². The second kappa shape index (κ2) is 8.66. The van der Waals surface area contributed by atoms with Gasteiger partial charge in [0.15, 0.2) is 0 Å². The van der Waals surface area contributed by atoms with Crippen LogP contribution in [-0.2, 0) is 14.3 Å². The van der Waals surface area contributed by atoms with Gasteiger partial charge >= 0.3 is 0 Å². The van der Waals surface area contributed by atoms with Crippen LogP contribution in [0.25, 0.3) is 0 Å². The molecular formula is C12H21N3O3. The summed E-state index contributed by atoms with van der Waals surface area (Å²) in [5, 5.41) is 5.29. The molecule has 1 rings (SSSR count). The number of nitrogens with zero attached hydrogens (tertiary/aromatic N) is 1. The van der Waals surface area contributed by atoms with Gasteiger partial charge in [0.05, 0.1) is 13.2 Å². The van der Waals surface area contributed by atoms with E-state index in [4.69, 9.17) is 4.74 Å². The Morgan fingerprint density at radius 3 is 2.56 bits per heavy atom. The predicted octanol–water partition coefficient (Wildman–Crippen LogP) is -0.873. The highest BCUT2D eigenvalue weighted by Gasteiger charge is 2.11. The van der Waals surface area contributed by atoms with Gasteiger partial charge in [-0.1, -0.05) is 6.08 Å². The maximum absolute atomic E-state index is 11.4. The molecule has 0 radical (unpaired) electrons. The zero-order valence-corrected chi connectivity index (χ0v) is 10.6. The molecule has 0 aromatic carbocycles. The Morgan fingerprint density at radius 1 is 1.22 bits per heavy atom. The lowest BCUT2D eigenvalue weighted by molar-refractivity contribution is -0.129. The van der Waals surface area contributed by atoms with Gasteiger partial charge in [-0.15, -0.1) is 6.58 Å². The maximum Gasteiger partial charge on any atom is 0.229 e. The van der Waals surface area contributed by atoms with Crippen molar-refractivity contribution < 1.29 is 14.3 Å². The van der Waals surface area contributed by atoms with Crippen molar-refractivity contribution >= 4 is 11.8 Å². The fourth-order valence-electron chi connectivity index (χ4n) is 1.64. The number of carbonyl (C=O) groups is 2. The van der Waals surface area contributed by atoms with Gasteiger partial charge in [0.1, 0.15) is 6.42 Å². The van der Waals surface area contributed by atoms with Crippen LogP contribution < -0.4 is 10.6 Å². The van der Waals surface area contributed by atoms with E-state index in [1.165, 1.54) is 0 Å². The zero-order chi connectivity index (χ0) is 13.2. The van der Waals surface area contributed by atoms with Gasteiger partial charge in [0, 0.05) is 32.7 Å². The molecule has 0 bridgehead atoms. The molecule has 1 fully saturated rings. The molecule has 1 heterocycles. The second-order valence-corrected chi connectivity index (χ2v) is 4.07. The van der Waals surface area contributed by atoms with Gasteiger partial charge in [0.2, 0.25) is 11.8 Å². The molecule has 0 aliphatic carbocycles. The van der Waals surface area contributed by atoms with Crippen LogP contribution in [0.5, 0.6) is 0 Å². The lowest BCUT2D eigenvalue weighted by atomic mass is 10.3. The molecule has 6 nitrogen and oxygen atoms in total. The number of morpholine rings is 1. The monoisotopic (exact) mass is 255 g/mol. The first kappa shape index (κ1) is 14.7. The lowest BCUT2D eigenvalue weighted by Crippen LogP contribution is -2.42. The van der Waals surface area contributed by atoms with Gasteiger partial charge in [-0.05, 0) is 0 Å². The van der Waals surface area contributed by atoms with Crippen LogP contribution in [0.1, 0.15) is 6.42 Å². The van der Waals surface area contributed by atoms with Crippen molar-refractivity contribution in [2.75, 3.05) is 45.9 Å². The Bertz CT molecular complexity index is 288. The molecule has 1 aliphatic heterocycles. The third-order valence-electron chi connectivity index (χ3n) is 2.62. The number of rotatable bonds is 7. The van der Waals surface area contributed by atoms with E-state index in [1.54, 1.807) is 6.08 Å². The van der Waals surface area contributed by atoms with Crippen molar-refractivity contribution in [2.45, 2.75) is 6.42 Å². The summed E-state index contributed by atoms with van der Waals surface area (Å²) in [6.45, 7) is 8.52. The van der Waals surface area contributed by atoms with E-state index in [1.807, 2.05) is 0 Å². The predicted molar refractivity (Wildman–Crippen MR) is 68.1 cm³/mol. The summed E-state index contributed by atoms with van der Waals surface area (Å²) in [6, 6.07) is 0. The van der Waals surface area contributed by atoms with Gasteiger partial charge < -0.3 is 15.4 Å². The average Bonchev–Trinajstić information content (AvgIpc) is 2.37. The quantitative estimate of drug-likeness (QED) is 0.458. The molecule has 0 aromatic heterocycles. The molecule has 2 amide bonds. The number of hydrogen-bond donors (Lipinski definition) is 2. The summed E-state index contributed by atoms with van der Waals surface area (Å²) >= 11 is 0. The van der Waals surface area contributed by atoms with Crippen LogP contribution in [0.3, 0.4) is 0 Å². The number of ether oxygens (including phenoxy) is 1. The van der Waals surface area contributed by atoms with Crippen LogP contribution in [0.4, 0.5) is 0 Å².